The number of fused-ring (bicyclic) bond motifs is 1. The van der Waals surface area contributed by atoms with E-state index in [1.165, 1.54) is 16.2 Å². The first kappa shape index (κ1) is 20.8. The van der Waals surface area contributed by atoms with Crippen molar-refractivity contribution >= 4 is 40.0 Å². The number of nitrogens with zero attached hydrogens (tertiary/aromatic N) is 3. The Balaban J connectivity index is 1.20. The first-order chi connectivity index (χ1) is 15.5. The Morgan fingerprint density at radius 1 is 1.06 bits per heavy atom. The van der Waals surface area contributed by atoms with Crippen LogP contribution >= 0.6 is 11.3 Å². The van der Waals surface area contributed by atoms with Gasteiger partial charge in [0.15, 0.2) is 0 Å². The zero-order chi connectivity index (χ0) is 22.2. The van der Waals surface area contributed by atoms with Gasteiger partial charge in [-0.1, -0.05) is 42.5 Å². The molecule has 0 spiro atoms. The number of imide groups is 1. The molecule has 4 atom stereocenters. The van der Waals surface area contributed by atoms with Crippen LogP contribution in [0.5, 0.6) is 0 Å². The lowest BCUT2D eigenvalue weighted by molar-refractivity contribution is -0.124. The summed E-state index contributed by atoms with van der Waals surface area (Å²) in [5, 5.41) is 14.9. The van der Waals surface area contributed by atoms with E-state index in [0.29, 0.717) is 17.4 Å². The summed E-state index contributed by atoms with van der Waals surface area (Å²) in [7, 11) is 0. The Morgan fingerprint density at radius 2 is 1.72 bits per heavy atom. The van der Waals surface area contributed by atoms with Crippen molar-refractivity contribution in [3.8, 4) is 0 Å². The standard InChI is InChI=1S/C23H25N5O3S/c1-2-3-17-26-27-23(32-17)25-22(31)24-12-13-4-10-16(11-5-13)28-20(29)18-14-6-7-15(9-8-14)19(18)21(28)30/h4-7,10-11,14-15,18-19H,2-3,8-9,12H2,1H3,(H2,24,25,27,31). The minimum atomic E-state index is -0.356. The fraction of sp³-hybridized carbons (Fsp3) is 0.435. The van der Waals surface area contributed by atoms with Crippen molar-refractivity contribution in [1.29, 1.82) is 0 Å². The highest BCUT2D eigenvalue weighted by atomic mass is 32.1. The number of rotatable bonds is 6. The number of allylic oxidation sites excluding steroid dienone is 2. The van der Waals surface area contributed by atoms with Gasteiger partial charge < -0.3 is 5.32 Å². The summed E-state index contributed by atoms with van der Waals surface area (Å²) in [4.78, 5) is 39.6. The Labute approximate surface area is 190 Å². The smallest absolute Gasteiger partial charge is 0.321 e. The van der Waals surface area contributed by atoms with Gasteiger partial charge in [0.2, 0.25) is 16.9 Å². The highest BCUT2D eigenvalue weighted by molar-refractivity contribution is 7.15. The van der Waals surface area contributed by atoms with Gasteiger partial charge in [0.1, 0.15) is 5.01 Å². The second-order valence-electron chi connectivity index (χ2n) is 8.58. The number of aromatic nitrogens is 2. The van der Waals surface area contributed by atoms with Crippen molar-refractivity contribution in [3.63, 3.8) is 0 Å². The van der Waals surface area contributed by atoms with Gasteiger partial charge in [-0.15, -0.1) is 10.2 Å². The molecule has 1 saturated carbocycles. The van der Waals surface area contributed by atoms with Crippen molar-refractivity contribution in [2.75, 3.05) is 10.2 Å². The molecule has 3 aliphatic carbocycles. The molecule has 2 aromatic rings. The molecule has 4 aliphatic rings. The van der Waals surface area contributed by atoms with Gasteiger partial charge in [0.05, 0.1) is 17.5 Å². The fourth-order valence-corrected chi connectivity index (χ4v) is 5.87. The van der Waals surface area contributed by atoms with Crippen LogP contribution in [-0.2, 0) is 22.6 Å². The van der Waals surface area contributed by atoms with E-state index in [4.69, 9.17) is 0 Å². The Morgan fingerprint density at radius 3 is 2.31 bits per heavy atom. The first-order valence-corrected chi connectivity index (χ1v) is 11.9. The molecule has 166 valence electrons. The number of nitrogens with one attached hydrogen (secondary N) is 2. The zero-order valence-corrected chi connectivity index (χ0v) is 18.6. The predicted octanol–water partition coefficient (Wildman–Crippen LogP) is 3.51. The molecular formula is C23H25N5O3S. The number of amides is 4. The van der Waals surface area contributed by atoms with Crippen molar-refractivity contribution < 1.29 is 14.4 Å². The molecule has 2 N–H and O–H groups in total. The van der Waals surface area contributed by atoms with E-state index < -0.39 is 0 Å². The molecule has 8 nitrogen and oxygen atoms in total. The number of benzene rings is 1. The van der Waals surface area contributed by atoms with Crippen LogP contribution in [0.2, 0.25) is 0 Å². The molecule has 1 aromatic carbocycles. The van der Waals surface area contributed by atoms with Gasteiger partial charge in [-0.3, -0.25) is 19.8 Å². The third-order valence-corrected chi connectivity index (χ3v) is 7.46. The minimum Gasteiger partial charge on any atom is -0.334 e. The number of carbonyl (C=O) groups is 3. The van der Waals surface area contributed by atoms with Crippen LogP contribution in [0.15, 0.2) is 36.4 Å². The highest BCUT2D eigenvalue weighted by Crippen LogP contribution is 2.50. The molecule has 1 aromatic heterocycles. The summed E-state index contributed by atoms with van der Waals surface area (Å²) >= 11 is 1.37. The van der Waals surface area contributed by atoms with Crippen LogP contribution in [0, 0.1) is 23.7 Å². The van der Waals surface area contributed by atoms with E-state index in [1.54, 1.807) is 12.1 Å². The predicted molar refractivity (Wildman–Crippen MR) is 121 cm³/mol. The molecule has 1 aliphatic heterocycles. The lowest BCUT2D eigenvalue weighted by Crippen LogP contribution is -2.38. The van der Waals surface area contributed by atoms with E-state index >= 15 is 0 Å². The maximum Gasteiger partial charge on any atom is 0.321 e. The maximum atomic E-state index is 13.1. The zero-order valence-electron chi connectivity index (χ0n) is 17.8. The summed E-state index contributed by atoms with van der Waals surface area (Å²) in [6.07, 6.45) is 8.03. The van der Waals surface area contributed by atoms with Crippen LogP contribution in [0.4, 0.5) is 15.6 Å². The van der Waals surface area contributed by atoms with Crippen LogP contribution in [-0.4, -0.2) is 28.0 Å². The number of aryl methyl sites for hydroxylation is 1. The second-order valence-corrected chi connectivity index (χ2v) is 9.64. The fourth-order valence-electron chi connectivity index (χ4n) is 5.03. The van der Waals surface area contributed by atoms with E-state index in [1.807, 2.05) is 12.1 Å². The minimum absolute atomic E-state index is 0.0798. The quantitative estimate of drug-likeness (QED) is 0.517. The summed E-state index contributed by atoms with van der Waals surface area (Å²) in [6.45, 7) is 2.38. The Kier molecular flexibility index (Phi) is 5.50. The number of carbonyl (C=O) groups excluding carboxylic acids is 3. The normalized spacial score (nSPS) is 25.8. The molecule has 2 fully saturated rings. The molecule has 2 bridgehead atoms. The van der Waals surface area contributed by atoms with E-state index in [-0.39, 0.29) is 41.5 Å². The average molecular weight is 452 g/mol. The third-order valence-electron chi connectivity index (χ3n) is 6.56. The van der Waals surface area contributed by atoms with Gasteiger partial charge in [0.25, 0.3) is 0 Å². The summed E-state index contributed by atoms with van der Waals surface area (Å²) < 4.78 is 0. The molecule has 2 heterocycles. The average Bonchev–Trinajstić information content (AvgIpc) is 3.36. The summed E-state index contributed by atoms with van der Waals surface area (Å²) in [5.74, 6) is -0.226. The molecule has 4 amide bonds. The van der Waals surface area contributed by atoms with E-state index in [9.17, 15) is 14.4 Å². The first-order valence-electron chi connectivity index (χ1n) is 11.1. The molecule has 0 radical (unpaired) electrons. The Bertz CT molecular complexity index is 1050. The lowest BCUT2D eigenvalue weighted by Gasteiger charge is -2.38. The Hall–Kier alpha value is -3.07. The van der Waals surface area contributed by atoms with Crippen molar-refractivity contribution in [2.24, 2.45) is 23.7 Å². The van der Waals surface area contributed by atoms with Gasteiger partial charge in [-0.2, -0.15) is 0 Å². The van der Waals surface area contributed by atoms with Crippen LogP contribution in [0.25, 0.3) is 0 Å². The van der Waals surface area contributed by atoms with Crippen molar-refractivity contribution in [3.05, 3.63) is 47.0 Å². The molecule has 1 saturated heterocycles. The monoisotopic (exact) mass is 451 g/mol. The topological polar surface area (TPSA) is 104 Å². The molecule has 9 heteroatoms. The van der Waals surface area contributed by atoms with Crippen molar-refractivity contribution in [2.45, 2.75) is 39.2 Å². The molecule has 4 unspecified atom stereocenters. The largest absolute Gasteiger partial charge is 0.334 e. The van der Waals surface area contributed by atoms with E-state index in [2.05, 4.69) is 39.9 Å². The summed E-state index contributed by atoms with van der Waals surface area (Å²) in [6, 6.07) is 6.85. The second kappa shape index (κ2) is 8.46. The van der Waals surface area contributed by atoms with E-state index in [0.717, 1.165) is 36.3 Å². The number of hydrogen-bond acceptors (Lipinski definition) is 6. The molecule has 32 heavy (non-hydrogen) atoms. The lowest BCUT2D eigenvalue weighted by atomic mass is 9.63. The van der Waals surface area contributed by atoms with Crippen LogP contribution in [0.1, 0.15) is 36.8 Å². The molecule has 6 rings (SSSR count). The van der Waals surface area contributed by atoms with Gasteiger partial charge >= 0.3 is 6.03 Å². The van der Waals surface area contributed by atoms with Crippen LogP contribution in [0.3, 0.4) is 0 Å². The van der Waals surface area contributed by atoms with Crippen molar-refractivity contribution in [1.82, 2.24) is 15.5 Å². The van der Waals surface area contributed by atoms with Gasteiger partial charge in [-0.05, 0) is 48.8 Å². The summed E-state index contributed by atoms with van der Waals surface area (Å²) in [5.41, 5.74) is 1.46. The number of urea groups is 1. The molecular weight excluding hydrogens is 426 g/mol. The van der Waals surface area contributed by atoms with Gasteiger partial charge in [-0.25, -0.2) is 4.79 Å². The third kappa shape index (κ3) is 3.70. The SMILES string of the molecule is CCCc1nnc(NC(=O)NCc2ccc(N3C(=O)C4C5C=CC(CC5)C4C3=O)cc2)s1. The highest BCUT2D eigenvalue weighted by Gasteiger charge is 2.56. The van der Waals surface area contributed by atoms with Gasteiger partial charge in [0, 0.05) is 13.0 Å². The van der Waals surface area contributed by atoms with Crippen LogP contribution < -0.4 is 15.5 Å². The number of anilines is 2. The maximum absolute atomic E-state index is 13.1. The number of hydrogen-bond donors (Lipinski definition) is 2.